The molecule has 2 heterocycles. The molecule has 0 aliphatic carbocycles. The van der Waals surface area contributed by atoms with Gasteiger partial charge in [0.25, 0.3) is 0 Å². The van der Waals surface area contributed by atoms with Crippen molar-refractivity contribution in [2.24, 2.45) is 14.1 Å². The lowest BCUT2D eigenvalue weighted by atomic mass is 9.93. The van der Waals surface area contributed by atoms with E-state index in [1.807, 2.05) is 86.9 Å². The monoisotopic (exact) mass is 595 g/mol. The van der Waals surface area contributed by atoms with E-state index in [4.69, 9.17) is 15.0 Å². The van der Waals surface area contributed by atoms with Gasteiger partial charge >= 0.3 is 5.69 Å². The third kappa shape index (κ3) is 4.59. The van der Waals surface area contributed by atoms with Gasteiger partial charge in [0.15, 0.2) is 17.5 Å². The van der Waals surface area contributed by atoms with Crippen LogP contribution in [0.2, 0.25) is 0 Å². The summed E-state index contributed by atoms with van der Waals surface area (Å²) in [6.07, 6.45) is 0. The summed E-state index contributed by atoms with van der Waals surface area (Å²) in [5.74, 6) is 1.91. The minimum absolute atomic E-state index is 0.0319. The maximum absolute atomic E-state index is 12.7. The molecule has 0 aliphatic rings. The minimum Gasteiger partial charge on any atom is -0.295 e. The number of fused-ring (bicyclic) bond motifs is 2. The molecule has 0 N–H and O–H groups in total. The van der Waals surface area contributed by atoms with Crippen LogP contribution in [0.4, 0.5) is 0 Å². The van der Waals surface area contributed by atoms with Crippen molar-refractivity contribution < 1.29 is 0 Å². The molecule has 0 amide bonds. The van der Waals surface area contributed by atoms with Crippen molar-refractivity contribution in [1.29, 1.82) is 0 Å². The summed E-state index contributed by atoms with van der Waals surface area (Å²) in [7, 11) is 3.64. The fourth-order valence-corrected chi connectivity index (χ4v) is 6.32. The molecule has 0 radical (unpaired) electrons. The third-order valence-electron chi connectivity index (χ3n) is 8.66. The summed E-state index contributed by atoms with van der Waals surface area (Å²) >= 11 is 0. The Labute approximate surface area is 265 Å². The Bertz CT molecular complexity index is 2390. The lowest BCUT2D eigenvalue weighted by Crippen LogP contribution is -2.19. The van der Waals surface area contributed by atoms with Gasteiger partial charge in [0.1, 0.15) is 0 Å². The molecule has 6 aromatic carbocycles. The van der Waals surface area contributed by atoms with Crippen LogP contribution in [0.15, 0.2) is 144 Å². The molecule has 6 nitrogen and oxygen atoms in total. The molecule has 8 aromatic rings. The third-order valence-corrected chi connectivity index (χ3v) is 8.66. The second-order valence-corrected chi connectivity index (χ2v) is 11.4. The van der Waals surface area contributed by atoms with Gasteiger partial charge in [-0.15, -0.1) is 0 Å². The summed E-state index contributed by atoms with van der Waals surface area (Å²) in [6.45, 7) is 0. The number of rotatable bonds is 5. The molecule has 0 bridgehead atoms. The fraction of sp³-hybridized carbons (Fsp3) is 0.0500. The first kappa shape index (κ1) is 27.4. The number of aryl methyl sites for hydroxylation is 2. The maximum atomic E-state index is 12.7. The lowest BCUT2D eigenvalue weighted by molar-refractivity contribution is 0.795. The van der Waals surface area contributed by atoms with Crippen LogP contribution < -0.4 is 5.69 Å². The summed E-state index contributed by atoms with van der Waals surface area (Å²) in [4.78, 5) is 27.5. The molecule has 0 unspecified atom stereocenters. The zero-order chi connectivity index (χ0) is 31.2. The van der Waals surface area contributed by atoms with Crippen LogP contribution in [-0.2, 0) is 14.1 Å². The number of hydrogen-bond donors (Lipinski definition) is 0. The van der Waals surface area contributed by atoms with Crippen molar-refractivity contribution >= 4 is 21.8 Å². The van der Waals surface area contributed by atoms with Crippen LogP contribution in [0, 0.1) is 0 Å². The highest BCUT2D eigenvalue weighted by Gasteiger charge is 2.17. The Morgan fingerprint density at radius 2 is 0.913 bits per heavy atom. The largest absolute Gasteiger partial charge is 0.328 e. The van der Waals surface area contributed by atoms with E-state index in [0.717, 1.165) is 60.8 Å². The Balaban J connectivity index is 1.25. The number of para-hydroxylation sites is 1. The Morgan fingerprint density at radius 3 is 1.52 bits per heavy atom. The molecular formula is C40H29N5O. The molecular weight excluding hydrogens is 566 g/mol. The normalized spacial score (nSPS) is 11.3. The van der Waals surface area contributed by atoms with E-state index >= 15 is 0 Å². The second kappa shape index (κ2) is 11.1. The predicted molar refractivity (Wildman–Crippen MR) is 186 cm³/mol. The van der Waals surface area contributed by atoms with Crippen LogP contribution in [0.1, 0.15) is 0 Å². The molecule has 0 fully saturated rings. The summed E-state index contributed by atoms with van der Waals surface area (Å²) in [5.41, 5.74) is 8.96. The Morgan fingerprint density at radius 1 is 0.413 bits per heavy atom. The van der Waals surface area contributed by atoms with Gasteiger partial charge in [0, 0.05) is 36.3 Å². The van der Waals surface area contributed by atoms with Crippen molar-refractivity contribution in [1.82, 2.24) is 24.1 Å². The first-order chi connectivity index (χ1) is 22.6. The molecule has 0 saturated carbocycles. The number of nitrogens with zero attached hydrogens (tertiary/aromatic N) is 5. The van der Waals surface area contributed by atoms with E-state index in [2.05, 4.69) is 66.7 Å². The van der Waals surface area contributed by atoms with Gasteiger partial charge in [0.05, 0.1) is 11.0 Å². The van der Waals surface area contributed by atoms with E-state index in [1.165, 1.54) is 0 Å². The Kier molecular flexibility index (Phi) is 6.61. The Hall–Kier alpha value is -6.14. The number of hydrogen-bond acceptors (Lipinski definition) is 4. The van der Waals surface area contributed by atoms with Crippen molar-refractivity contribution in [2.75, 3.05) is 0 Å². The summed E-state index contributed by atoms with van der Waals surface area (Å²) in [6, 6.07) is 47.4. The van der Waals surface area contributed by atoms with Crippen LogP contribution in [-0.4, -0.2) is 24.1 Å². The quantitative estimate of drug-likeness (QED) is 0.200. The maximum Gasteiger partial charge on any atom is 0.328 e. The molecule has 6 heteroatoms. The minimum atomic E-state index is -0.0319. The lowest BCUT2D eigenvalue weighted by Gasteiger charge is -2.13. The summed E-state index contributed by atoms with van der Waals surface area (Å²) < 4.78 is 3.41. The van der Waals surface area contributed by atoms with Gasteiger partial charge in [-0.05, 0) is 39.6 Å². The molecule has 0 saturated heterocycles. The van der Waals surface area contributed by atoms with Gasteiger partial charge in [-0.1, -0.05) is 127 Å². The van der Waals surface area contributed by atoms with E-state index in [0.29, 0.717) is 17.5 Å². The average Bonchev–Trinajstić information content (AvgIpc) is 3.35. The zero-order valence-corrected chi connectivity index (χ0v) is 25.4. The smallest absolute Gasteiger partial charge is 0.295 e. The number of benzene rings is 6. The molecule has 220 valence electrons. The van der Waals surface area contributed by atoms with Crippen molar-refractivity contribution in [3.05, 3.63) is 150 Å². The topological polar surface area (TPSA) is 65.6 Å². The zero-order valence-electron chi connectivity index (χ0n) is 25.4. The van der Waals surface area contributed by atoms with E-state index in [-0.39, 0.29) is 5.69 Å². The van der Waals surface area contributed by atoms with Gasteiger partial charge in [0.2, 0.25) is 0 Å². The van der Waals surface area contributed by atoms with Crippen molar-refractivity contribution in [2.45, 2.75) is 0 Å². The first-order valence-electron chi connectivity index (χ1n) is 15.2. The van der Waals surface area contributed by atoms with Crippen molar-refractivity contribution in [3.63, 3.8) is 0 Å². The van der Waals surface area contributed by atoms with E-state index in [9.17, 15) is 4.79 Å². The number of aromatic nitrogens is 5. The van der Waals surface area contributed by atoms with Crippen LogP contribution in [0.5, 0.6) is 0 Å². The molecule has 46 heavy (non-hydrogen) atoms. The van der Waals surface area contributed by atoms with Crippen LogP contribution >= 0.6 is 0 Å². The molecule has 8 rings (SSSR count). The van der Waals surface area contributed by atoms with Gasteiger partial charge < -0.3 is 0 Å². The van der Waals surface area contributed by atoms with Gasteiger partial charge in [-0.25, -0.2) is 19.7 Å². The molecule has 0 atom stereocenters. The SMILES string of the molecule is Cn1c(=O)n(C)c2c(-c3ccc(-c4ccc(-c5nc(-c6ccccc6)nc(-c6ccccc6)n5)c5ccccc45)cc3)cccc21. The van der Waals surface area contributed by atoms with E-state index in [1.54, 1.807) is 9.13 Å². The molecule has 0 spiro atoms. The molecule has 2 aromatic heterocycles. The van der Waals surface area contributed by atoms with Crippen LogP contribution in [0.25, 0.3) is 78.2 Å². The average molecular weight is 596 g/mol. The van der Waals surface area contributed by atoms with Crippen LogP contribution in [0.3, 0.4) is 0 Å². The van der Waals surface area contributed by atoms with Crippen molar-refractivity contribution in [3.8, 4) is 56.4 Å². The standard InChI is InChI=1S/C40H29N5O/c1-44-35-19-11-18-31(36(35)45(2)40(44)46)27-22-20-26(21-23-27)30-24-25-34(33-17-10-9-16-32(30)33)39-42-37(28-12-5-3-6-13-28)41-38(43-39)29-14-7-4-8-15-29/h3-25H,1-2H3. The van der Waals surface area contributed by atoms with E-state index < -0.39 is 0 Å². The fourth-order valence-electron chi connectivity index (χ4n) is 6.32. The molecule has 0 aliphatic heterocycles. The highest BCUT2D eigenvalue weighted by molar-refractivity contribution is 6.04. The second-order valence-electron chi connectivity index (χ2n) is 11.4. The highest BCUT2D eigenvalue weighted by atomic mass is 16.1. The number of imidazole rings is 1. The first-order valence-corrected chi connectivity index (χ1v) is 15.2. The highest BCUT2D eigenvalue weighted by Crippen LogP contribution is 2.37. The predicted octanol–water partition coefficient (Wildman–Crippen LogP) is 8.55. The van der Waals surface area contributed by atoms with Gasteiger partial charge in [-0.2, -0.15) is 0 Å². The van der Waals surface area contributed by atoms with Gasteiger partial charge in [-0.3, -0.25) is 9.13 Å². The summed E-state index contributed by atoms with van der Waals surface area (Å²) in [5, 5.41) is 2.18.